The van der Waals surface area contributed by atoms with Gasteiger partial charge in [0, 0.05) is 50.9 Å². The summed E-state index contributed by atoms with van der Waals surface area (Å²) in [5.74, 6) is 2.31. The molecule has 0 amide bonds. The van der Waals surface area contributed by atoms with E-state index in [1.807, 2.05) is 6.07 Å². The first-order chi connectivity index (χ1) is 16.9. The number of alkyl halides is 3. The van der Waals surface area contributed by atoms with Gasteiger partial charge in [-0.05, 0) is 61.1 Å². The zero-order chi connectivity index (χ0) is 24.0. The summed E-state index contributed by atoms with van der Waals surface area (Å²) >= 11 is 0. The maximum atomic E-state index is 14.0. The molecule has 1 aromatic carbocycles. The van der Waals surface area contributed by atoms with Crippen molar-refractivity contribution in [1.82, 2.24) is 15.1 Å². The summed E-state index contributed by atoms with van der Waals surface area (Å²) in [7, 11) is 0. The Labute approximate surface area is 203 Å². The average Bonchev–Trinajstić information content (AvgIpc) is 3.54. The number of anilines is 1. The minimum atomic E-state index is -4.52. The van der Waals surface area contributed by atoms with Gasteiger partial charge in [0.2, 0.25) is 0 Å². The number of ether oxygens (including phenoxy) is 2. The SMILES string of the molecule is FC(F)(F)c1cc(-c2ccc3c(c2)OCC3)nnc1N[C@H]1C[C@@H]2CN(CC3CCOCC3)C[C@@H]2C1. The number of halogens is 3. The van der Waals surface area contributed by atoms with Crippen molar-refractivity contribution >= 4 is 5.82 Å². The molecule has 1 N–H and O–H groups in total. The fraction of sp³-hybridized carbons (Fsp3) is 0.615. The van der Waals surface area contributed by atoms with Crippen molar-refractivity contribution in [2.24, 2.45) is 17.8 Å². The minimum absolute atomic E-state index is 0.00937. The molecule has 9 heteroatoms. The Kier molecular flexibility index (Phi) is 6.08. The molecule has 2 saturated heterocycles. The van der Waals surface area contributed by atoms with Crippen LogP contribution >= 0.6 is 0 Å². The van der Waals surface area contributed by atoms with Gasteiger partial charge in [-0.15, -0.1) is 10.2 Å². The number of nitrogens with zero attached hydrogens (tertiary/aromatic N) is 3. The molecule has 6 rings (SSSR count). The number of rotatable bonds is 5. The molecular weight excluding hydrogens is 457 g/mol. The number of hydrogen-bond donors (Lipinski definition) is 1. The lowest BCUT2D eigenvalue weighted by molar-refractivity contribution is -0.137. The summed E-state index contributed by atoms with van der Waals surface area (Å²) in [6.07, 6.45) is 0.298. The number of hydrogen-bond acceptors (Lipinski definition) is 6. The van der Waals surface area contributed by atoms with E-state index in [0.717, 1.165) is 76.6 Å². The van der Waals surface area contributed by atoms with E-state index in [1.165, 1.54) is 0 Å². The van der Waals surface area contributed by atoms with E-state index >= 15 is 0 Å². The first-order valence-corrected chi connectivity index (χ1v) is 12.7. The highest BCUT2D eigenvalue weighted by Crippen LogP contribution is 2.42. The highest BCUT2D eigenvalue weighted by atomic mass is 19.4. The second kappa shape index (κ2) is 9.24. The quantitative estimate of drug-likeness (QED) is 0.662. The van der Waals surface area contributed by atoms with Crippen molar-refractivity contribution in [2.75, 3.05) is 44.8 Å². The van der Waals surface area contributed by atoms with Crippen LogP contribution < -0.4 is 10.1 Å². The third kappa shape index (κ3) is 4.85. The van der Waals surface area contributed by atoms with Crippen LogP contribution in [0.25, 0.3) is 11.3 Å². The number of likely N-dealkylation sites (tertiary alicyclic amines) is 1. The molecule has 3 aliphatic heterocycles. The number of aromatic nitrogens is 2. The lowest BCUT2D eigenvalue weighted by Gasteiger charge is -2.28. The maximum Gasteiger partial charge on any atom is 0.420 e. The van der Waals surface area contributed by atoms with Crippen LogP contribution in [0, 0.1) is 17.8 Å². The van der Waals surface area contributed by atoms with E-state index in [-0.39, 0.29) is 17.6 Å². The Hall–Kier alpha value is -2.39. The molecule has 0 spiro atoms. The Bertz CT molecular complexity index is 1060. The molecule has 0 bridgehead atoms. The van der Waals surface area contributed by atoms with Crippen LogP contribution in [0.3, 0.4) is 0 Å². The molecule has 6 nitrogen and oxygen atoms in total. The van der Waals surface area contributed by atoms with Crippen LogP contribution in [0.15, 0.2) is 24.3 Å². The number of nitrogens with one attached hydrogen (secondary N) is 1. The predicted molar refractivity (Wildman–Crippen MR) is 125 cm³/mol. The Morgan fingerprint density at radius 1 is 1.00 bits per heavy atom. The van der Waals surface area contributed by atoms with Crippen LogP contribution in [-0.2, 0) is 17.3 Å². The molecule has 3 fully saturated rings. The molecule has 1 saturated carbocycles. The van der Waals surface area contributed by atoms with Crippen LogP contribution in [0.4, 0.5) is 19.0 Å². The van der Waals surface area contributed by atoms with Gasteiger partial charge < -0.3 is 19.7 Å². The van der Waals surface area contributed by atoms with Crippen molar-refractivity contribution in [3.63, 3.8) is 0 Å². The van der Waals surface area contributed by atoms with Gasteiger partial charge in [0.15, 0.2) is 5.82 Å². The summed E-state index contributed by atoms with van der Waals surface area (Å²) in [6, 6.07) is 6.53. The number of fused-ring (bicyclic) bond motifs is 2. The maximum absolute atomic E-state index is 14.0. The van der Waals surface area contributed by atoms with E-state index < -0.39 is 11.7 Å². The standard InChI is InChI=1S/C26H31F3N4O2/c27-26(28,29)22-12-23(18-2-1-17-5-8-35-24(17)11-18)31-32-25(22)30-21-9-19-14-33(15-20(19)10-21)13-16-3-6-34-7-4-16/h1-2,11-12,16,19-21H,3-10,13-15H2,(H,30,32)/t19-,20+,21+. The minimum Gasteiger partial charge on any atom is -0.493 e. The Morgan fingerprint density at radius 3 is 2.51 bits per heavy atom. The molecule has 4 heterocycles. The summed E-state index contributed by atoms with van der Waals surface area (Å²) in [6.45, 7) is 5.51. The molecular formula is C26H31F3N4O2. The van der Waals surface area contributed by atoms with E-state index in [4.69, 9.17) is 9.47 Å². The Balaban J connectivity index is 1.13. The first kappa shape index (κ1) is 23.0. The molecule has 35 heavy (non-hydrogen) atoms. The topological polar surface area (TPSA) is 59.5 Å². The van der Waals surface area contributed by atoms with Crippen LogP contribution in [-0.4, -0.2) is 60.6 Å². The molecule has 1 aliphatic carbocycles. The smallest absolute Gasteiger partial charge is 0.420 e. The summed E-state index contributed by atoms with van der Waals surface area (Å²) in [4.78, 5) is 2.55. The lowest BCUT2D eigenvalue weighted by Crippen LogP contribution is -2.32. The van der Waals surface area contributed by atoms with Crippen molar-refractivity contribution in [2.45, 2.75) is 44.3 Å². The third-order valence-electron chi connectivity index (χ3n) is 8.12. The highest BCUT2D eigenvalue weighted by molar-refractivity contribution is 5.65. The number of benzene rings is 1. The zero-order valence-electron chi connectivity index (χ0n) is 19.7. The van der Waals surface area contributed by atoms with Crippen LogP contribution in [0.1, 0.15) is 36.8 Å². The fourth-order valence-electron chi connectivity index (χ4n) is 6.33. The van der Waals surface area contributed by atoms with Gasteiger partial charge in [0.25, 0.3) is 0 Å². The summed E-state index contributed by atoms with van der Waals surface area (Å²) in [5, 5.41) is 11.3. The van der Waals surface area contributed by atoms with Gasteiger partial charge in [-0.25, -0.2) is 0 Å². The molecule has 0 radical (unpaired) electrons. The molecule has 188 valence electrons. The van der Waals surface area contributed by atoms with Crippen molar-refractivity contribution in [3.05, 3.63) is 35.4 Å². The predicted octanol–water partition coefficient (Wildman–Crippen LogP) is 4.65. The average molecular weight is 489 g/mol. The second-order valence-corrected chi connectivity index (χ2v) is 10.5. The molecule has 2 aromatic rings. The highest BCUT2D eigenvalue weighted by Gasteiger charge is 2.43. The van der Waals surface area contributed by atoms with Gasteiger partial charge in [-0.3, -0.25) is 0 Å². The van der Waals surface area contributed by atoms with Crippen LogP contribution in [0.5, 0.6) is 5.75 Å². The first-order valence-electron chi connectivity index (χ1n) is 12.7. The van der Waals surface area contributed by atoms with Crippen molar-refractivity contribution < 1.29 is 22.6 Å². The molecule has 0 unspecified atom stereocenters. The zero-order valence-corrected chi connectivity index (χ0v) is 19.7. The van der Waals surface area contributed by atoms with Crippen LogP contribution in [0.2, 0.25) is 0 Å². The monoisotopic (exact) mass is 488 g/mol. The van der Waals surface area contributed by atoms with Crippen molar-refractivity contribution in [1.29, 1.82) is 0 Å². The summed E-state index contributed by atoms with van der Waals surface area (Å²) in [5.41, 5.74) is 1.08. The van der Waals surface area contributed by atoms with Crippen molar-refractivity contribution in [3.8, 4) is 17.0 Å². The second-order valence-electron chi connectivity index (χ2n) is 10.5. The normalized spacial score (nSPS) is 27.0. The third-order valence-corrected chi connectivity index (χ3v) is 8.12. The summed E-state index contributed by atoms with van der Waals surface area (Å²) < 4.78 is 53.0. The fourth-order valence-corrected chi connectivity index (χ4v) is 6.33. The van der Waals surface area contributed by atoms with Gasteiger partial charge in [0.05, 0.1) is 12.3 Å². The van der Waals surface area contributed by atoms with Gasteiger partial charge >= 0.3 is 6.18 Å². The van der Waals surface area contributed by atoms with Gasteiger partial charge in [0.1, 0.15) is 11.3 Å². The lowest BCUT2D eigenvalue weighted by atomic mass is 10.00. The van der Waals surface area contributed by atoms with Gasteiger partial charge in [-0.1, -0.05) is 12.1 Å². The molecule has 1 aromatic heterocycles. The van der Waals surface area contributed by atoms with E-state index in [9.17, 15) is 13.2 Å². The van der Waals surface area contributed by atoms with E-state index in [1.54, 1.807) is 12.1 Å². The van der Waals surface area contributed by atoms with E-state index in [2.05, 4.69) is 20.4 Å². The van der Waals surface area contributed by atoms with E-state index in [0.29, 0.717) is 35.7 Å². The Morgan fingerprint density at radius 2 is 1.77 bits per heavy atom. The van der Waals surface area contributed by atoms with Gasteiger partial charge in [-0.2, -0.15) is 13.2 Å². The molecule has 3 atom stereocenters. The molecule has 4 aliphatic rings. The largest absolute Gasteiger partial charge is 0.493 e.